The van der Waals surface area contributed by atoms with Gasteiger partial charge in [0.05, 0.1) is 21.5 Å². The molecule has 30 heavy (non-hydrogen) atoms. The quantitative estimate of drug-likeness (QED) is 0.408. The molecule has 0 radical (unpaired) electrons. The molecule has 0 fully saturated rings. The molecule has 1 aromatic carbocycles. The first kappa shape index (κ1) is 21.7. The van der Waals surface area contributed by atoms with Gasteiger partial charge in [0, 0.05) is 21.9 Å². The molecule has 0 aliphatic heterocycles. The number of benzene rings is 1. The van der Waals surface area contributed by atoms with Crippen LogP contribution in [0.25, 0.3) is 11.4 Å². The number of carbonyl (C=O) groups is 1. The third-order valence-corrected chi connectivity index (χ3v) is 7.89. The van der Waals surface area contributed by atoms with Gasteiger partial charge in [0.2, 0.25) is 5.91 Å². The number of anilines is 1. The van der Waals surface area contributed by atoms with Gasteiger partial charge in [-0.2, -0.15) is 0 Å². The van der Waals surface area contributed by atoms with Crippen molar-refractivity contribution in [2.75, 3.05) is 11.1 Å². The highest BCUT2D eigenvalue weighted by molar-refractivity contribution is 7.99. The highest BCUT2D eigenvalue weighted by Crippen LogP contribution is 2.38. The van der Waals surface area contributed by atoms with Crippen LogP contribution in [0.5, 0.6) is 0 Å². The summed E-state index contributed by atoms with van der Waals surface area (Å²) in [5, 5.41) is 15.4. The molecular weight excluding hydrogens is 459 g/mol. The minimum atomic E-state index is -0.170. The lowest BCUT2D eigenvalue weighted by molar-refractivity contribution is -0.113. The highest BCUT2D eigenvalue weighted by atomic mass is 35.5. The average Bonchev–Trinajstić information content (AvgIpc) is 3.33. The van der Waals surface area contributed by atoms with Crippen molar-refractivity contribution in [3.05, 3.63) is 44.1 Å². The second-order valence-corrected chi connectivity index (χ2v) is 10.2. The van der Waals surface area contributed by atoms with E-state index in [1.165, 1.54) is 40.6 Å². The molecule has 1 amide bonds. The predicted octanol–water partition coefficient (Wildman–Crippen LogP) is 6.50. The van der Waals surface area contributed by atoms with Crippen LogP contribution in [0.4, 0.5) is 5.69 Å². The number of amides is 1. The summed E-state index contributed by atoms with van der Waals surface area (Å²) in [6.07, 6.45) is 4.74. The molecule has 0 spiro atoms. The number of aromatic nitrogens is 3. The Morgan fingerprint density at radius 1 is 1.27 bits per heavy atom. The summed E-state index contributed by atoms with van der Waals surface area (Å²) in [5.41, 5.74) is 3.12. The van der Waals surface area contributed by atoms with Crippen LogP contribution in [0, 0.1) is 0 Å². The molecule has 9 heteroatoms. The largest absolute Gasteiger partial charge is 0.324 e. The number of thiophene rings is 1. The first-order chi connectivity index (χ1) is 14.5. The van der Waals surface area contributed by atoms with Gasteiger partial charge >= 0.3 is 0 Å². The summed E-state index contributed by atoms with van der Waals surface area (Å²) < 4.78 is 2.13. The number of carbonyl (C=O) groups excluding carboxylic acids is 1. The third kappa shape index (κ3) is 4.40. The van der Waals surface area contributed by atoms with Crippen LogP contribution < -0.4 is 5.32 Å². The SMILES string of the molecule is CC(C)n1c(SCC(=O)Nc2cccc(Cl)c2Cl)nnc1-c1csc2c1CCCC2. The topological polar surface area (TPSA) is 59.8 Å². The molecule has 3 aromatic rings. The lowest BCUT2D eigenvalue weighted by Gasteiger charge is -2.16. The van der Waals surface area contributed by atoms with E-state index in [1.807, 2.05) is 11.3 Å². The molecule has 2 heterocycles. The zero-order valence-electron chi connectivity index (χ0n) is 16.7. The minimum Gasteiger partial charge on any atom is -0.324 e. The normalized spacial score (nSPS) is 13.5. The van der Waals surface area contributed by atoms with Gasteiger partial charge in [-0.1, -0.05) is 41.0 Å². The van der Waals surface area contributed by atoms with Gasteiger partial charge in [-0.15, -0.1) is 21.5 Å². The van der Waals surface area contributed by atoms with Crippen LogP contribution in [0.15, 0.2) is 28.7 Å². The molecule has 4 rings (SSSR count). The smallest absolute Gasteiger partial charge is 0.234 e. The molecule has 158 valence electrons. The number of nitrogens with zero attached hydrogens (tertiary/aromatic N) is 3. The van der Waals surface area contributed by atoms with E-state index >= 15 is 0 Å². The molecule has 1 aliphatic rings. The summed E-state index contributed by atoms with van der Waals surface area (Å²) in [4.78, 5) is 13.9. The van der Waals surface area contributed by atoms with Crippen LogP contribution in [0.2, 0.25) is 10.0 Å². The Bertz CT molecular complexity index is 1080. The first-order valence-electron chi connectivity index (χ1n) is 9.87. The lowest BCUT2D eigenvalue weighted by Crippen LogP contribution is -2.15. The van der Waals surface area contributed by atoms with Gasteiger partial charge in [-0.3, -0.25) is 9.36 Å². The first-order valence-corrected chi connectivity index (χ1v) is 12.5. The maximum atomic E-state index is 12.5. The summed E-state index contributed by atoms with van der Waals surface area (Å²) in [5.74, 6) is 0.928. The summed E-state index contributed by atoms with van der Waals surface area (Å²) in [6.45, 7) is 4.23. The van der Waals surface area contributed by atoms with Gasteiger partial charge in [0.15, 0.2) is 11.0 Å². The highest BCUT2D eigenvalue weighted by Gasteiger charge is 2.23. The van der Waals surface area contributed by atoms with Crippen LogP contribution in [-0.4, -0.2) is 26.4 Å². The maximum absolute atomic E-state index is 12.5. The van der Waals surface area contributed by atoms with Crippen molar-refractivity contribution in [3.63, 3.8) is 0 Å². The fourth-order valence-electron chi connectivity index (χ4n) is 3.62. The number of fused-ring (bicyclic) bond motifs is 1. The van der Waals surface area contributed by atoms with Crippen molar-refractivity contribution in [1.82, 2.24) is 14.8 Å². The lowest BCUT2D eigenvalue weighted by atomic mass is 9.95. The average molecular weight is 481 g/mol. The summed E-state index contributed by atoms with van der Waals surface area (Å²) in [6, 6.07) is 5.34. The third-order valence-electron chi connectivity index (χ3n) is 5.04. The van der Waals surface area contributed by atoms with Crippen molar-refractivity contribution >= 4 is 57.9 Å². The zero-order valence-corrected chi connectivity index (χ0v) is 19.9. The number of hydrogen-bond acceptors (Lipinski definition) is 5. The van der Waals surface area contributed by atoms with Crippen molar-refractivity contribution in [1.29, 1.82) is 0 Å². The Morgan fingerprint density at radius 3 is 2.87 bits per heavy atom. The Labute approximate surface area is 194 Å². The number of rotatable bonds is 6. The van der Waals surface area contributed by atoms with E-state index in [-0.39, 0.29) is 17.7 Å². The number of thioether (sulfide) groups is 1. The van der Waals surface area contributed by atoms with E-state index in [9.17, 15) is 4.79 Å². The molecular formula is C21H22Cl2N4OS2. The molecule has 0 saturated carbocycles. The minimum absolute atomic E-state index is 0.170. The molecule has 0 saturated heterocycles. The second kappa shape index (κ2) is 9.30. The standard InChI is InChI=1S/C21H22Cl2N4OS2/c1-12(2)27-20(14-10-29-17-9-4-3-6-13(14)17)25-26-21(27)30-11-18(28)24-16-8-5-7-15(22)19(16)23/h5,7-8,10,12H,3-4,6,9,11H2,1-2H3,(H,24,28). The van der Waals surface area contributed by atoms with Gasteiger partial charge in [-0.05, 0) is 57.2 Å². The molecule has 0 unspecified atom stereocenters. The summed E-state index contributed by atoms with van der Waals surface area (Å²) in [7, 11) is 0. The van der Waals surface area contributed by atoms with Crippen molar-refractivity contribution in [2.45, 2.75) is 50.7 Å². The maximum Gasteiger partial charge on any atom is 0.234 e. The van der Waals surface area contributed by atoms with E-state index < -0.39 is 0 Å². The Kier molecular flexibility index (Phi) is 6.72. The van der Waals surface area contributed by atoms with E-state index in [1.54, 1.807) is 18.2 Å². The molecule has 1 N–H and O–H groups in total. The zero-order chi connectivity index (χ0) is 21.3. The Morgan fingerprint density at radius 2 is 2.07 bits per heavy atom. The monoisotopic (exact) mass is 480 g/mol. The Balaban J connectivity index is 1.52. The predicted molar refractivity (Wildman–Crippen MR) is 126 cm³/mol. The van der Waals surface area contributed by atoms with Gasteiger partial charge < -0.3 is 5.32 Å². The van der Waals surface area contributed by atoms with Crippen molar-refractivity contribution in [3.8, 4) is 11.4 Å². The number of nitrogens with one attached hydrogen (secondary N) is 1. The van der Waals surface area contributed by atoms with Crippen molar-refractivity contribution < 1.29 is 4.79 Å². The van der Waals surface area contributed by atoms with E-state index in [2.05, 4.69) is 39.3 Å². The number of aryl methyl sites for hydroxylation is 1. The van der Waals surface area contributed by atoms with Gasteiger partial charge in [-0.25, -0.2) is 0 Å². The number of halogens is 2. The molecule has 0 bridgehead atoms. The molecule has 5 nitrogen and oxygen atoms in total. The second-order valence-electron chi connectivity index (χ2n) is 7.47. The Hall–Kier alpha value is -1.54. The molecule has 0 atom stereocenters. The van der Waals surface area contributed by atoms with Gasteiger partial charge in [0.1, 0.15) is 0 Å². The van der Waals surface area contributed by atoms with Crippen molar-refractivity contribution in [2.24, 2.45) is 0 Å². The van der Waals surface area contributed by atoms with E-state index in [4.69, 9.17) is 23.2 Å². The van der Waals surface area contributed by atoms with E-state index in [0.29, 0.717) is 15.7 Å². The molecule has 2 aromatic heterocycles. The fourth-order valence-corrected chi connectivity index (χ4v) is 5.96. The van der Waals surface area contributed by atoms with E-state index in [0.717, 1.165) is 23.8 Å². The fraction of sp³-hybridized carbons (Fsp3) is 0.381. The van der Waals surface area contributed by atoms with Crippen LogP contribution in [-0.2, 0) is 17.6 Å². The van der Waals surface area contributed by atoms with Crippen LogP contribution in [0.3, 0.4) is 0 Å². The summed E-state index contributed by atoms with van der Waals surface area (Å²) >= 11 is 15.4. The van der Waals surface area contributed by atoms with Crippen LogP contribution >= 0.6 is 46.3 Å². The number of hydrogen-bond donors (Lipinski definition) is 1. The molecule has 1 aliphatic carbocycles. The van der Waals surface area contributed by atoms with Crippen LogP contribution in [0.1, 0.15) is 43.2 Å². The van der Waals surface area contributed by atoms with Gasteiger partial charge in [0.25, 0.3) is 0 Å².